The van der Waals surface area contributed by atoms with Crippen molar-refractivity contribution in [3.8, 4) is 0 Å². The second kappa shape index (κ2) is 8.68. The van der Waals surface area contributed by atoms with Crippen molar-refractivity contribution in [2.75, 3.05) is 29.9 Å². The molecule has 0 radical (unpaired) electrons. The number of aromatic nitrogens is 4. The maximum Gasteiger partial charge on any atom is 0.260 e. The summed E-state index contributed by atoms with van der Waals surface area (Å²) in [5.74, 6) is -1.92. The van der Waals surface area contributed by atoms with E-state index in [1.807, 2.05) is 0 Å². The van der Waals surface area contributed by atoms with Gasteiger partial charge < -0.3 is 19.9 Å². The van der Waals surface area contributed by atoms with E-state index >= 15 is 4.39 Å². The third-order valence-corrected chi connectivity index (χ3v) is 6.28. The molecule has 1 fully saturated rings. The number of halogens is 2. The zero-order valence-electron chi connectivity index (χ0n) is 19.4. The van der Waals surface area contributed by atoms with Crippen LogP contribution in [0.3, 0.4) is 0 Å². The van der Waals surface area contributed by atoms with E-state index in [0.29, 0.717) is 17.1 Å². The lowest BCUT2D eigenvalue weighted by Gasteiger charge is -2.34. The fourth-order valence-electron chi connectivity index (χ4n) is 4.78. The highest BCUT2D eigenvalue weighted by Gasteiger charge is 2.26. The Labute approximate surface area is 195 Å². The molecule has 0 spiro atoms. The van der Waals surface area contributed by atoms with E-state index in [0.717, 1.165) is 38.2 Å². The summed E-state index contributed by atoms with van der Waals surface area (Å²) in [6, 6.07) is 3.04. The summed E-state index contributed by atoms with van der Waals surface area (Å²) >= 11 is 0. The molecule has 4 aromatic rings. The molecule has 1 saturated heterocycles. The molecule has 8 nitrogen and oxygen atoms in total. The maximum atomic E-state index is 15.4. The van der Waals surface area contributed by atoms with E-state index in [2.05, 4.69) is 32.5 Å². The van der Waals surface area contributed by atoms with Gasteiger partial charge in [-0.2, -0.15) is 5.10 Å². The molecule has 0 saturated carbocycles. The molecule has 0 bridgehead atoms. The lowest BCUT2D eigenvalue weighted by molar-refractivity contribution is 0.102. The summed E-state index contributed by atoms with van der Waals surface area (Å²) < 4.78 is 32.9. The van der Waals surface area contributed by atoms with E-state index < -0.39 is 17.5 Å². The first-order chi connectivity index (χ1) is 16.3. The minimum Gasteiger partial charge on any atom is -0.371 e. The number of amides is 1. The van der Waals surface area contributed by atoms with Crippen LogP contribution in [0.2, 0.25) is 0 Å². The van der Waals surface area contributed by atoms with Crippen molar-refractivity contribution < 1.29 is 13.6 Å². The molecule has 2 N–H and O–H groups in total. The molecule has 1 aliphatic rings. The van der Waals surface area contributed by atoms with Crippen LogP contribution in [0.5, 0.6) is 0 Å². The quantitative estimate of drug-likeness (QED) is 0.469. The van der Waals surface area contributed by atoms with Gasteiger partial charge in [0.2, 0.25) is 0 Å². The Morgan fingerprint density at radius 1 is 1.15 bits per heavy atom. The summed E-state index contributed by atoms with van der Waals surface area (Å²) in [7, 11) is 1.74. The number of pyridine rings is 1. The Morgan fingerprint density at radius 3 is 2.65 bits per heavy atom. The van der Waals surface area contributed by atoms with Gasteiger partial charge in [0.25, 0.3) is 5.91 Å². The summed E-state index contributed by atoms with van der Waals surface area (Å²) in [4.78, 5) is 19.4. The van der Waals surface area contributed by atoms with Gasteiger partial charge in [-0.1, -0.05) is 6.92 Å². The number of rotatable bonds is 5. The van der Waals surface area contributed by atoms with Crippen LogP contribution in [0.25, 0.3) is 16.6 Å². The molecule has 0 unspecified atom stereocenters. The Balaban J connectivity index is 1.48. The third-order valence-electron chi connectivity index (χ3n) is 6.28. The number of nitrogens with one attached hydrogen (secondary N) is 2. The molecule has 34 heavy (non-hydrogen) atoms. The monoisotopic (exact) mass is 467 g/mol. The molecule has 1 aromatic carbocycles. The van der Waals surface area contributed by atoms with Gasteiger partial charge in [0.1, 0.15) is 16.9 Å². The van der Waals surface area contributed by atoms with Crippen molar-refractivity contribution in [2.45, 2.75) is 32.7 Å². The molecule has 10 heteroatoms. The van der Waals surface area contributed by atoms with Crippen molar-refractivity contribution in [1.82, 2.24) is 24.5 Å². The van der Waals surface area contributed by atoms with Crippen LogP contribution in [0, 0.1) is 18.6 Å². The molecular weight excluding hydrogens is 440 g/mol. The number of fused-ring (bicyclic) bond motifs is 2. The van der Waals surface area contributed by atoms with Gasteiger partial charge in [0.15, 0.2) is 11.5 Å². The highest BCUT2D eigenvalue weighted by Crippen LogP contribution is 2.33. The SMILES string of the molecule is CCNC1CCN(c2cc(F)c(C(=O)Nc3cc(F)c4nc(C)cn4c3)c3nn(C)cc23)CC1. The Bertz CT molecular complexity index is 1390. The minimum absolute atomic E-state index is 0.163. The van der Waals surface area contributed by atoms with Crippen LogP contribution in [-0.4, -0.2) is 50.7 Å². The molecule has 178 valence electrons. The fraction of sp³-hybridized carbons (Fsp3) is 0.375. The second-order valence-corrected chi connectivity index (χ2v) is 8.78. The molecule has 4 heterocycles. The molecule has 0 aliphatic carbocycles. The number of piperidine rings is 1. The molecule has 1 aliphatic heterocycles. The van der Waals surface area contributed by atoms with E-state index in [9.17, 15) is 9.18 Å². The third kappa shape index (κ3) is 3.98. The van der Waals surface area contributed by atoms with E-state index in [1.165, 1.54) is 16.5 Å². The highest BCUT2D eigenvalue weighted by atomic mass is 19.1. The normalized spacial score (nSPS) is 14.9. The van der Waals surface area contributed by atoms with Gasteiger partial charge >= 0.3 is 0 Å². The molecule has 5 rings (SSSR count). The molecule has 1 amide bonds. The number of carbonyl (C=O) groups excluding carboxylic acids is 1. The summed E-state index contributed by atoms with van der Waals surface area (Å²) in [5.41, 5.74) is 1.86. The lowest BCUT2D eigenvalue weighted by Crippen LogP contribution is -2.42. The second-order valence-electron chi connectivity index (χ2n) is 8.78. The number of benzene rings is 1. The van der Waals surface area contributed by atoms with Crippen LogP contribution in [0.1, 0.15) is 35.8 Å². The Morgan fingerprint density at radius 2 is 1.91 bits per heavy atom. The van der Waals surface area contributed by atoms with Crippen LogP contribution >= 0.6 is 0 Å². The summed E-state index contributed by atoms with van der Waals surface area (Å²) in [6.07, 6.45) is 6.92. The number of carbonyl (C=O) groups is 1. The zero-order valence-corrected chi connectivity index (χ0v) is 19.4. The first-order valence-corrected chi connectivity index (χ1v) is 11.4. The number of hydrogen-bond donors (Lipinski definition) is 2. The van der Waals surface area contributed by atoms with Crippen molar-refractivity contribution in [1.29, 1.82) is 0 Å². The number of anilines is 2. The maximum absolute atomic E-state index is 15.4. The number of nitrogens with zero attached hydrogens (tertiary/aromatic N) is 5. The smallest absolute Gasteiger partial charge is 0.260 e. The minimum atomic E-state index is -0.686. The van der Waals surface area contributed by atoms with Gasteiger partial charge in [-0.3, -0.25) is 9.48 Å². The van der Waals surface area contributed by atoms with Crippen molar-refractivity contribution in [2.24, 2.45) is 7.05 Å². The largest absolute Gasteiger partial charge is 0.371 e. The summed E-state index contributed by atoms with van der Waals surface area (Å²) in [6.45, 7) is 6.34. The summed E-state index contributed by atoms with van der Waals surface area (Å²) in [5, 5.41) is 11.2. The van der Waals surface area contributed by atoms with Crippen molar-refractivity contribution in [3.05, 3.63) is 53.6 Å². The van der Waals surface area contributed by atoms with Crippen LogP contribution in [0.4, 0.5) is 20.2 Å². The molecule has 3 aromatic heterocycles. The van der Waals surface area contributed by atoms with E-state index in [-0.39, 0.29) is 22.4 Å². The average Bonchev–Trinajstić information content (AvgIpc) is 3.35. The van der Waals surface area contributed by atoms with Gasteiger partial charge in [-0.25, -0.2) is 13.8 Å². The Hall–Kier alpha value is -3.53. The Kier molecular flexibility index (Phi) is 5.68. The van der Waals surface area contributed by atoms with E-state index in [1.54, 1.807) is 37.2 Å². The van der Waals surface area contributed by atoms with Crippen LogP contribution in [0.15, 0.2) is 30.7 Å². The van der Waals surface area contributed by atoms with Crippen LogP contribution in [-0.2, 0) is 7.05 Å². The predicted molar refractivity (Wildman–Crippen MR) is 127 cm³/mol. The van der Waals surface area contributed by atoms with E-state index in [4.69, 9.17) is 0 Å². The predicted octanol–water partition coefficient (Wildman–Crippen LogP) is 3.64. The van der Waals surface area contributed by atoms with Gasteiger partial charge in [0, 0.05) is 56.2 Å². The number of imidazole rings is 1. The molecule has 0 atom stereocenters. The fourth-order valence-corrected chi connectivity index (χ4v) is 4.78. The highest BCUT2D eigenvalue weighted by molar-refractivity contribution is 6.14. The average molecular weight is 468 g/mol. The van der Waals surface area contributed by atoms with Crippen molar-refractivity contribution >= 4 is 33.8 Å². The van der Waals surface area contributed by atoms with Gasteiger partial charge in [-0.15, -0.1) is 0 Å². The van der Waals surface area contributed by atoms with Gasteiger partial charge in [0.05, 0.1) is 17.1 Å². The van der Waals surface area contributed by atoms with Gasteiger partial charge in [-0.05, 0) is 32.4 Å². The first-order valence-electron chi connectivity index (χ1n) is 11.4. The zero-order chi connectivity index (χ0) is 24.0. The topological polar surface area (TPSA) is 79.5 Å². The van der Waals surface area contributed by atoms with Crippen LogP contribution < -0.4 is 15.5 Å². The standard InChI is InChI=1S/C24H27F2N7O/c1-4-27-15-5-7-32(8-6-15)20-10-18(25)21(22-17(20)13-31(3)30-22)24(34)29-16-9-19(26)23-28-14(2)11-33(23)12-16/h9-13,15,27H,4-8H2,1-3H3,(H,29,34). The molecular formula is C24H27F2N7O. The van der Waals surface area contributed by atoms with Crippen molar-refractivity contribution in [3.63, 3.8) is 0 Å². The first kappa shape index (κ1) is 22.3. The number of aryl methyl sites for hydroxylation is 2. The lowest BCUT2D eigenvalue weighted by atomic mass is 10.0. The number of hydrogen-bond acceptors (Lipinski definition) is 5.